The van der Waals surface area contributed by atoms with Crippen molar-refractivity contribution in [1.82, 2.24) is 5.32 Å². The molecular weight excluding hydrogens is 343 g/mol. The molecule has 2 aromatic carbocycles. The van der Waals surface area contributed by atoms with Crippen LogP contribution in [-0.2, 0) is 16.0 Å². The van der Waals surface area contributed by atoms with Crippen LogP contribution in [0.3, 0.4) is 0 Å². The smallest absolute Gasteiger partial charge is 0.233 e. The van der Waals surface area contributed by atoms with Crippen LogP contribution in [0.5, 0.6) is 0 Å². The van der Waals surface area contributed by atoms with Gasteiger partial charge in [-0.15, -0.1) is 0 Å². The van der Waals surface area contributed by atoms with Crippen molar-refractivity contribution in [2.24, 2.45) is 0 Å². The average molecular weight is 363 g/mol. The molecule has 0 spiro atoms. The second kappa shape index (κ2) is 8.62. The molecule has 0 radical (unpaired) electrons. The van der Waals surface area contributed by atoms with Crippen molar-refractivity contribution in [2.45, 2.75) is 26.7 Å². The third-order valence-corrected chi connectivity index (χ3v) is 3.99. The van der Waals surface area contributed by atoms with Crippen LogP contribution in [0.2, 0.25) is 5.02 Å². The van der Waals surface area contributed by atoms with E-state index in [1.807, 2.05) is 19.9 Å². The van der Waals surface area contributed by atoms with Gasteiger partial charge in [-0.05, 0) is 49.1 Å². The maximum absolute atomic E-state index is 13.5. The molecule has 0 aliphatic heterocycles. The van der Waals surface area contributed by atoms with E-state index in [1.165, 1.54) is 6.07 Å². The second-order valence-corrected chi connectivity index (χ2v) is 6.26. The fraction of sp³-hybridized carbons (Fsp3) is 0.263. The van der Waals surface area contributed by atoms with Crippen molar-refractivity contribution in [3.8, 4) is 0 Å². The molecule has 6 heteroatoms. The summed E-state index contributed by atoms with van der Waals surface area (Å²) in [5.74, 6) is -1.18. The Morgan fingerprint density at radius 3 is 2.52 bits per heavy atom. The molecule has 0 unspecified atom stereocenters. The molecule has 2 amide bonds. The van der Waals surface area contributed by atoms with Crippen LogP contribution in [0.25, 0.3) is 0 Å². The number of carbonyl (C=O) groups is 2. The van der Waals surface area contributed by atoms with Crippen LogP contribution >= 0.6 is 11.6 Å². The number of anilines is 1. The molecule has 25 heavy (non-hydrogen) atoms. The molecule has 0 bridgehead atoms. The zero-order valence-corrected chi connectivity index (χ0v) is 14.9. The first-order chi connectivity index (χ1) is 11.9. The van der Waals surface area contributed by atoms with Gasteiger partial charge in [-0.1, -0.05) is 35.9 Å². The third kappa shape index (κ3) is 5.57. The van der Waals surface area contributed by atoms with Crippen LogP contribution in [0.1, 0.15) is 23.1 Å². The zero-order valence-electron chi connectivity index (χ0n) is 14.2. The molecule has 2 N–H and O–H groups in total. The van der Waals surface area contributed by atoms with Gasteiger partial charge in [0.25, 0.3) is 0 Å². The predicted octanol–water partition coefficient (Wildman–Crippen LogP) is 3.78. The highest BCUT2D eigenvalue weighted by Gasteiger charge is 2.13. The number of benzene rings is 2. The maximum atomic E-state index is 13.5. The third-order valence-electron chi connectivity index (χ3n) is 3.69. The first kappa shape index (κ1) is 18.9. The number of rotatable bonds is 6. The summed E-state index contributed by atoms with van der Waals surface area (Å²) in [5.41, 5.74) is 2.86. The van der Waals surface area contributed by atoms with Crippen LogP contribution in [-0.4, -0.2) is 18.4 Å². The average Bonchev–Trinajstić information content (AvgIpc) is 2.52. The lowest BCUT2D eigenvalue weighted by molar-refractivity contribution is -0.126. The van der Waals surface area contributed by atoms with Gasteiger partial charge in [0, 0.05) is 6.54 Å². The predicted molar refractivity (Wildman–Crippen MR) is 97.3 cm³/mol. The van der Waals surface area contributed by atoms with Crippen molar-refractivity contribution in [3.63, 3.8) is 0 Å². The number of nitrogens with one attached hydrogen (secondary N) is 2. The number of aryl methyl sites for hydroxylation is 2. The van der Waals surface area contributed by atoms with Gasteiger partial charge in [0.15, 0.2) is 0 Å². The molecule has 0 saturated carbocycles. The number of carbonyl (C=O) groups excluding carboxylic acids is 2. The Hall–Kier alpha value is -2.40. The molecular formula is C19H20ClFN2O2. The first-order valence-corrected chi connectivity index (χ1v) is 8.31. The summed E-state index contributed by atoms with van der Waals surface area (Å²) >= 11 is 6.13. The minimum Gasteiger partial charge on any atom is -0.355 e. The van der Waals surface area contributed by atoms with Crippen molar-refractivity contribution in [1.29, 1.82) is 0 Å². The number of hydrogen-bond acceptors (Lipinski definition) is 2. The fourth-order valence-corrected chi connectivity index (χ4v) is 2.87. The minimum absolute atomic E-state index is 0.261. The summed E-state index contributed by atoms with van der Waals surface area (Å²) in [6.45, 7) is 4.01. The Balaban J connectivity index is 1.83. The minimum atomic E-state index is -0.447. The van der Waals surface area contributed by atoms with Gasteiger partial charge in [-0.3, -0.25) is 9.59 Å². The molecule has 0 atom stereocenters. The molecule has 0 aliphatic carbocycles. The van der Waals surface area contributed by atoms with E-state index in [0.717, 1.165) is 11.1 Å². The van der Waals surface area contributed by atoms with Crippen LogP contribution in [0.4, 0.5) is 10.1 Å². The highest BCUT2D eigenvalue weighted by atomic mass is 35.5. The zero-order chi connectivity index (χ0) is 18.4. The molecule has 0 aromatic heterocycles. The van der Waals surface area contributed by atoms with Gasteiger partial charge in [0.1, 0.15) is 12.2 Å². The van der Waals surface area contributed by atoms with E-state index in [4.69, 9.17) is 11.6 Å². The molecule has 4 nitrogen and oxygen atoms in total. The number of amides is 2. The topological polar surface area (TPSA) is 58.2 Å². The molecule has 0 saturated heterocycles. The van der Waals surface area contributed by atoms with Crippen molar-refractivity contribution >= 4 is 29.1 Å². The van der Waals surface area contributed by atoms with Gasteiger partial charge in [-0.2, -0.15) is 0 Å². The Bertz CT molecular complexity index is 770. The lowest BCUT2D eigenvalue weighted by Gasteiger charge is -2.11. The quantitative estimate of drug-likeness (QED) is 0.768. The van der Waals surface area contributed by atoms with Gasteiger partial charge in [-0.25, -0.2) is 4.39 Å². The first-order valence-electron chi connectivity index (χ1n) is 7.93. The van der Waals surface area contributed by atoms with E-state index < -0.39 is 11.8 Å². The van der Waals surface area contributed by atoms with E-state index in [1.54, 1.807) is 24.3 Å². The maximum Gasteiger partial charge on any atom is 0.233 e. The monoisotopic (exact) mass is 362 g/mol. The fourth-order valence-electron chi connectivity index (χ4n) is 2.50. The van der Waals surface area contributed by atoms with E-state index in [-0.39, 0.29) is 18.8 Å². The molecule has 2 aromatic rings. The van der Waals surface area contributed by atoms with Gasteiger partial charge < -0.3 is 10.6 Å². The number of hydrogen-bond donors (Lipinski definition) is 2. The Morgan fingerprint density at radius 2 is 1.84 bits per heavy atom. The summed E-state index contributed by atoms with van der Waals surface area (Å²) in [4.78, 5) is 23.9. The van der Waals surface area contributed by atoms with Crippen LogP contribution < -0.4 is 10.6 Å². The Kier molecular flexibility index (Phi) is 6.53. The molecule has 132 valence electrons. The summed E-state index contributed by atoms with van der Waals surface area (Å²) in [6, 6.07) is 10.0. The number of halogens is 2. The Labute approximate surface area is 151 Å². The lowest BCUT2D eigenvalue weighted by atomic mass is 10.1. The lowest BCUT2D eigenvalue weighted by Crippen LogP contribution is -2.30. The molecule has 0 fully saturated rings. The standard InChI is InChI=1S/C19H20ClFN2O2/c1-12-9-13(2)19(15(20)10-12)23-18(25)11-17(24)22-8-7-14-5-3-4-6-16(14)21/h3-6,9-10H,7-8,11H2,1-2H3,(H,22,24)(H,23,25). The van der Waals surface area contributed by atoms with E-state index in [2.05, 4.69) is 10.6 Å². The largest absolute Gasteiger partial charge is 0.355 e. The summed E-state index contributed by atoms with van der Waals surface area (Å²) < 4.78 is 13.5. The highest BCUT2D eigenvalue weighted by Crippen LogP contribution is 2.27. The van der Waals surface area contributed by atoms with Crippen molar-refractivity contribution in [2.75, 3.05) is 11.9 Å². The van der Waals surface area contributed by atoms with Crippen molar-refractivity contribution in [3.05, 3.63) is 63.9 Å². The van der Waals surface area contributed by atoms with Crippen molar-refractivity contribution < 1.29 is 14.0 Å². The molecule has 0 aliphatic rings. The van der Waals surface area contributed by atoms with Gasteiger partial charge in [0.2, 0.25) is 11.8 Å². The van der Waals surface area contributed by atoms with E-state index in [9.17, 15) is 14.0 Å². The molecule has 2 rings (SSSR count). The summed E-state index contributed by atoms with van der Waals surface area (Å²) in [6.07, 6.45) is 0.0455. The van der Waals surface area contributed by atoms with E-state index in [0.29, 0.717) is 22.7 Å². The van der Waals surface area contributed by atoms with E-state index >= 15 is 0 Å². The molecule has 0 heterocycles. The van der Waals surface area contributed by atoms with Crippen LogP contribution in [0.15, 0.2) is 36.4 Å². The summed E-state index contributed by atoms with van der Waals surface area (Å²) in [5, 5.41) is 5.71. The van der Waals surface area contributed by atoms with Crippen LogP contribution in [0, 0.1) is 19.7 Å². The normalized spacial score (nSPS) is 10.4. The Morgan fingerprint density at radius 1 is 1.12 bits per heavy atom. The van der Waals surface area contributed by atoms with Gasteiger partial charge in [0.05, 0.1) is 10.7 Å². The second-order valence-electron chi connectivity index (χ2n) is 5.85. The van der Waals surface area contributed by atoms with Gasteiger partial charge >= 0.3 is 0 Å². The highest BCUT2D eigenvalue weighted by molar-refractivity contribution is 6.34. The SMILES string of the molecule is Cc1cc(C)c(NC(=O)CC(=O)NCCc2ccccc2F)c(Cl)c1. The summed E-state index contributed by atoms with van der Waals surface area (Å²) in [7, 11) is 0.